The highest BCUT2D eigenvalue weighted by Gasteiger charge is 1.78. The first-order chi connectivity index (χ1) is 6.41. The zero-order valence-corrected chi connectivity index (χ0v) is 8.59. The van der Waals surface area contributed by atoms with Gasteiger partial charge in [0, 0.05) is 13.1 Å². The molecule has 0 aromatic carbocycles. The van der Waals surface area contributed by atoms with E-state index in [-0.39, 0.29) is 0 Å². The summed E-state index contributed by atoms with van der Waals surface area (Å²) in [6.45, 7) is 7.13. The van der Waals surface area contributed by atoms with Crippen molar-refractivity contribution in [3.05, 3.63) is 36.6 Å². The van der Waals surface area contributed by atoms with E-state index in [0.29, 0.717) is 0 Å². The van der Waals surface area contributed by atoms with Crippen molar-refractivity contribution in [2.24, 2.45) is 0 Å². The molecule has 0 heterocycles. The lowest BCUT2D eigenvalue weighted by molar-refractivity contribution is 0.687. The summed E-state index contributed by atoms with van der Waals surface area (Å²) in [6, 6.07) is 0. The minimum Gasteiger partial charge on any atom is -0.390 e. The summed E-state index contributed by atoms with van der Waals surface area (Å²) in [5.41, 5.74) is 0. The minimum atomic E-state index is 0.974. The molecular weight excluding hydrogens is 160 g/mol. The molecule has 0 aliphatic carbocycles. The molecule has 0 saturated carbocycles. The molecule has 2 N–H and O–H groups in total. The standard InChI is InChI=1S/C11H20N2/c1-3-5-6-7-8-9-13-11-10-12-4-2/h3,5-9,12-13H,4,10-11H2,1-2H3/b5-3-,7-6-,9-8+. The van der Waals surface area contributed by atoms with Gasteiger partial charge in [0.05, 0.1) is 0 Å². The molecular formula is C11H20N2. The summed E-state index contributed by atoms with van der Waals surface area (Å²) in [7, 11) is 0. The molecule has 0 bridgehead atoms. The van der Waals surface area contributed by atoms with E-state index in [9.17, 15) is 0 Å². The first kappa shape index (κ1) is 12.0. The van der Waals surface area contributed by atoms with Crippen molar-refractivity contribution in [2.45, 2.75) is 13.8 Å². The Morgan fingerprint density at radius 1 is 1.00 bits per heavy atom. The summed E-state index contributed by atoms with van der Waals surface area (Å²) < 4.78 is 0. The molecule has 13 heavy (non-hydrogen) atoms. The van der Waals surface area contributed by atoms with E-state index in [1.54, 1.807) is 0 Å². The second kappa shape index (κ2) is 11.0. The largest absolute Gasteiger partial charge is 0.390 e. The van der Waals surface area contributed by atoms with Gasteiger partial charge in [-0.15, -0.1) is 0 Å². The molecule has 0 atom stereocenters. The average molecular weight is 180 g/mol. The molecule has 0 radical (unpaired) electrons. The van der Waals surface area contributed by atoms with Crippen molar-refractivity contribution in [2.75, 3.05) is 19.6 Å². The number of hydrogen-bond acceptors (Lipinski definition) is 2. The van der Waals surface area contributed by atoms with E-state index < -0.39 is 0 Å². The molecule has 2 nitrogen and oxygen atoms in total. The highest BCUT2D eigenvalue weighted by Crippen LogP contribution is 1.77. The van der Waals surface area contributed by atoms with Gasteiger partial charge in [0.1, 0.15) is 0 Å². The van der Waals surface area contributed by atoms with Crippen LogP contribution < -0.4 is 10.6 Å². The third kappa shape index (κ3) is 11.0. The van der Waals surface area contributed by atoms with Gasteiger partial charge in [0.2, 0.25) is 0 Å². The van der Waals surface area contributed by atoms with Crippen LogP contribution in [0.4, 0.5) is 0 Å². The van der Waals surface area contributed by atoms with Crippen molar-refractivity contribution in [3.8, 4) is 0 Å². The lowest BCUT2D eigenvalue weighted by Crippen LogP contribution is -2.23. The van der Waals surface area contributed by atoms with Crippen molar-refractivity contribution in [1.29, 1.82) is 0 Å². The summed E-state index contributed by atoms with van der Waals surface area (Å²) in [5.74, 6) is 0. The smallest absolute Gasteiger partial charge is 0.0266 e. The fraction of sp³-hybridized carbons (Fsp3) is 0.455. The zero-order chi connectivity index (χ0) is 9.78. The molecule has 0 fully saturated rings. The Hall–Kier alpha value is -1.02. The molecule has 74 valence electrons. The van der Waals surface area contributed by atoms with E-state index >= 15 is 0 Å². The Morgan fingerprint density at radius 3 is 2.46 bits per heavy atom. The van der Waals surface area contributed by atoms with Crippen molar-refractivity contribution in [1.82, 2.24) is 10.6 Å². The van der Waals surface area contributed by atoms with Crippen molar-refractivity contribution in [3.63, 3.8) is 0 Å². The monoisotopic (exact) mass is 180 g/mol. The van der Waals surface area contributed by atoms with Gasteiger partial charge in [-0.25, -0.2) is 0 Å². The number of rotatable bonds is 7. The predicted molar refractivity (Wildman–Crippen MR) is 59.6 cm³/mol. The van der Waals surface area contributed by atoms with Crippen LogP contribution >= 0.6 is 0 Å². The molecule has 0 aromatic rings. The molecule has 2 heteroatoms. The Bertz CT molecular complexity index is 169. The van der Waals surface area contributed by atoms with Crippen LogP contribution in [0.25, 0.3) is 0 Å². The molecule has 0 aliphatic rings. The lowest BCUT2D eigenvalue weighted by atomic mass is 10.4. The molecule has 0 aliphatic heterocycles. The molecule has 0 aromatic heterocycles. The predicted octanol–water partition coefficient (Wildman–Crippen LogP) is 1.83. The third-order valence-corrected chi connectivity index (χ3v) is 1.44. The summed E-state index contributed by atoms with van der Waals surface area (Å²) >= 11 is 0. The van der Waals surface area contributed by atoms with Gasteiger partial charge in [-0.1, -0.05) is 31.2 Å². The van der Waals surface area contributed by atoms with Gasteiger partial charge in [-0.2, -0.15) is 0 Å². The first-order valence-corrected chi connectivity index (χ1v) is 4.80. The van der Waals surface area contributed by atoms with Gasteiger partial charge in [0.25, 0.3) is 0 Å². The Labute approximate surface area is 81.4 Å². The van der Waals surface area contributed by atoms with Crippen LogP contribution in [0.3, 0.4) is 0 Å². The fourth-order valence-electron chi connectivity index (χ4n) is 0.784. The summed E-state index contributed by atoms with van der Waals surface area (Å²) in [4.78, 5) is 0. The number of likely N-dealkylation sites (N-methyl/N-ethyl adjacent to an activating group) is 1. The second-order valence-corrected chi connectivity index (χ2v) is 2.58. The third-order valence-electron chi connectivity index (χ3n) is 1.44. The van der Waals surface area contributed by atoms with Crippen molar-refractivity contribution < 1.29 is 0 Å². The molecule has 0 amide bonds. The summed E-state index contributed by atoms with van der Waals surface area (Å²) in [5, 5.41) is 6.41. The van der Waals surface area contributed by atoms with E-state index in [1.807, 2.05) is 43.5 Å². The van der Waals surface area contributed by atoms with E-state index in [4.69, 9.17) is 0 Å². The minimum absolute atomic E-state index is 0.974. The summed E-state index contributed by atoms with van der Waals surface area (Å²) in [6.07, 6.45) is 12.0. The van der Waals surface area contributed by atoms with Crippen LogP contribution in [0.1, 0.15) is 13.8 Å². The maximum Gasteiger partial charge on any atom is 0.0266 e. The van der Waals surface area contributed by atoms with E-state index in [1.165, 1.54) is 0 Å². The maximum atomic E-state index is 3.23. The van der Waals surface area contributed by atoms with E-state index in [2.05, 4.69) is 17.6 Å². The number of nitrogens with one attached hydrogen (secondary N) is 2. The van der Waals surface area contributed by atoms with Gasteiger partial charge >= 0.3 is 0 Å². The Balaban J connectivity index is 3.21. The highest BCUT2D eigenvalue weighted by atomic mass is 14.9. The van der Waals surface area contributed by atoms with Gasteiger partial charge in [-0.05, 0) is 25.7 Å². The van der Waals surface area contributed by atoms with Crippen LogP contribution in [0.2, 0.25) is 0 Å². The number of allylic oxidation sites excluding steroid dienone is 5. The fourth-order valence-corrected chi connectivity index (χ4v) is 0.784. The van der Waals surface area contributed by atoms with Gasteiger partial charge in [-0.3, -0.25) is 0 Å². The normalized spacial score (nSPS) is 12.2. The second-order valence-electron chi connectivity index (χ2n) is 2.58. The van der Waals surface area contributed by atoms with Crippen LogP contribution in [0, 0.1) is 0 Å². The number of hydrogen-bond donors (Lipinski definition) is 2. The maximum absolute atomic E-state index is 3.23. The quantitative estimate of drug-likeness (QED) is 0.461. The van der Waals surface area contributed by atoms with Crippen LogP contribution in [-0.2, 0) is 0 Å². The average Bonchev–Trinajstić information content (AvgIpc) is 2.16. The van der Waals surface area contributed by atoms with E-state index in [0.717, 1.165) is 19.6 Å². The molecule has 0 unspecified atom stereocenters. The lowest BCUT2D eigenvalue weighted by Gasteiger charge is -1.99. The molecule has 0 rings (SSSR count). The Kier molecular flexibility index (Phi) is 10.1. The van der Waals surface area contributed by atoms with Gasteiger partial charge in [0.15, 0.2) is 0 Å². The van der Waals surface area contributed by atoms with Gasteiger partial charge < -0.3 is 10.6 Å². The van der Waals surface area contributed by atoms with Crippen LogP contribution in [0.5, 0.6) is 0 Å². The van der Waals surface area contributed by atoms with Crippen molar-refractivity contribution >= 4 is 0 Å². The van der Waals surface area contributed by atoms with Crippen LogP contribution in [0.15, 0.2) is 36.6 Å². The topological polar surface area (TPSA) is 24.1 Å². The highest BCUT2D eigenvalue weighted by molar-refractivity contribution is 5.09. The Morgan fingerprint density at radius 2 is 1.77 bits per heavy atom. The SMILES string of the molecule is C\C=C/C=C\C=C\NCCNCC. The van der Waals surface area contributed by atoms with Crippen LogP contribution in [-0.4, -0.2) is 19.6 Å². The first-order valence-electron chi connectivity index (χ1n) is 4.80. The molecule has 0 spiro atoms. The zero-order valence-electron chi connectivity index (χ0n) is 8.59. The molecule has 0 saturated heterocycles.